The summed E-state index contributed by atoms with van der Waals surface area (Å²) in [5.41, 5.74) is 2.31. The van der Waals surface area contributed by atoms with Crippen LogP contribution >= 0.6 is 11.8 Å². The number of rotatable bonds is 4. The summed E-state index contributed by atoms with van der Waals surface area (Å²) in [4.78, 5) is 11.2. The lowest BCUT2D eigenvalue weighted by Crippen LogP contribution is -2.32. The number of aliphatic carboxylic acids is 1. The number of fused-ring (bicyclic) bond motifs is 1. The van der Waals surface area contributed by atoms with Gasteiger partial charge in [-0.15, -0.1) is 10.2 Å². The number of nitrogens with zero attached hydrogens (tertiary/aromatic N) is 4. The first-order chi connectivity index (χ1) is 12.1. The third kappa shape index (κ3) is 2.85. The van der Waals surface area contributed by atoms with Crippen molar-refractivity contribution in [2.75, 3.05) is 0 Å². The SMILES string of the molecule is Cc1occc1-c1nnc2n1N=C(c1ccccc1)C(CC(=O)[O-])S2. The van der Waals surface area contributed by atoms with Gasteiger partial charge in [-0.05, 0) is 18.6 Å². The number of carbonyl (C=O) groups excluding carboxylic acids is 1. The fourth-order valence-corrected chi connectivity index (χ4v) is 3.80. The Morgan fingerprint density at radius 2 is 2.08 bits per heavy atom. The van der Waals surface area contributed by atoms with Gasteiger partial charge >= 0.3 is 0 Å². The molecule has 1 unspecified atom stereocenters. The Kier molecular flexibility index (Phi) is 3.89. The zero-order valence-electron chi connectivity index (χ0n) is 13.2. The van der Waals surface area contributed by atoms with Gasteiger partial charge in [0.1, 0.15) is 5.76 Å². The Balaban J connectivity index is 1.84. The zero-order valence-corrected chi connectivity index (χ0v) is 14.1. The molecule has 3 heterocycles. The van der Waals surface area contributed by atoms with E-state index in [1.807, 2.05) is 43.3 Å². The van der Waals surface area contributed by atoms with Crippen LogP contribution in [0, 0.1) is 6.92 Å². The third-order valence-corrected chi connectivity index (χ3v) is 5.03. The van der Waals surface area contributed by atoms with Crippen molar-refractivity contribution in [1.29, 1.82) is 0 Å². The molecule has 0 N–H and O–H groups in total. The second-order valence-corrected chi connectivity index (χ2v) is 6.71. The lowest BCUT2D eigenvalue weighted by Gasteiger charge is -2.23. The second-order valence-electron chi connectivity index (χ2n) is 5.54. The summed E-state index contributed by atoms with van der Waals surface area (Å²) in [7, 11) is 0. The highest BCUT2D eigenvalue weighted by Crippen LogP contribution is 2.35. The van der Waals surface area contributed by atoms with Crippen LogP contribution in [0.3, 0.4) is 0 Å². The number of thioether (sulfide) groups is 1. The second kappa shape index (κ2) is 6.21. The van der Waals surface area contributed by atoms with E-state index >= 15 is 0 Å². The fourth-order valence-electron chi connectivity index (χ4n) is 2.71. The van der Waals surface area contributed by atoms with E-state index in [0.717, 1.165) is 11.1 Å². The molecule has 8 heteroatoms. The molecule has 1 aliphatic rings. The molecule has 0 radical (unpaired) electrons. The number of carboxylic acid groups (broad SMARTS) is 1. The molecular formula is C17H13N4O3S-. The fraction of sp³-hybridized carbons (Fsp3) is 0.176. The standard InChI is InChI=1S/C17H14N4O3S/c1-10-12(7-8-24-10)16-18-19-17-21(16)20-15(11-5-3-2-4-6-11)13(25-17)9-14(22)23/h2-8,13H,9H2,1H3,(H,22,23)/p-1. The minimum atomic E-state index is -1.13. The van der Waals surface area contributed by atoms with Crippen molar-refractivity contribution in [2.45, 2.75) is 23.8 Å². The van der Waals surface area contributed by atoms with Crippen LogP contribution in [-0.4, -0.2) is 31.8 Å². The Labute approximate surface area is 147 Å². The summed E-state index contributed by atoms with van der Waals surface area (Å²) in [6, 6.07) is 11.3. The summed E-state index contributed by atoms with van der Waals surface area (Å²) in [5, 5.41) is 24.3. The van der Waals surface area contributed by atoms with E-state index in [2.05, 4.69) is 15.3 Å². The summed E-state index contributed by atoms with van der Waals surface area (Å²) >= 11 is 1.32. The van der Waals surface area contributed by atoms with E-state index in [4.69, 9.17) is 4.42 Å². The van der Waals surface area contributed by atoms with Crippen LogP contribution in [0.5, 0.6) is 0 Å². The van der Waals surface area contributed by atoms with E-state index in [9.17, 15) is 9.90 Å². The van der Waals surface area contributed by atoms with Gasteiger partial charge in [0.05, 0.1) is 22.8 Å². The van der Waals surface area contributed by atoms with Gasteiger partial charge in [-0.25, -0.2) is 0 Å². The molecule has 1 aliphatic heterocycles. The molecule has 0 spiro atoms. The predicted molar refractivity (Wildman–Crippen MR) is 90.1 cm³/mol. The molecule has 0 fully saturated rings. The molecule has 1 aromatic carbocycles. The van der Waals surface area contributed by atoms with Crippen LogP contribution in [0.15, 0.2) is 57.3 Å². The van der Waals surface area contributed by atoms with E-state index in [1.165, 1.54) is 11.8 Å². The van der Waals surface area contributed by atoms with Gasteiger partial charge in [0, 0.05) is 12.4 Å². The average molecular weight is 353 g/mol. The van der Waals surface area contributed by atoms with E-state index in [-0.39, 0.29) is 11.7 Å². The quantitative estimate of drug-likeness (QED) is 0.708. The minimum absolute atomic E-state index is 0.147. The van der Waals surface area contributed by atoms with Crippen LogP contribution < -0.4 is 5.11 Å². The summed E-state index contributed by atoms with van der Waals surface area (Å²) < 4.78 is 6.98. The zero-order chi connectivity index (χ0) is 17.4. The van der Waals surface area contributed by atoms with Crippen LogP contribution in [0.1, 0.15) is 17.7 Å². The van der Waals surface area contributed by atoms with Gasteiger partial charge in [-0.3, -0.25) is 0 Å². The number of aryl methyl sites for hydroxylation is 1. The summed E-state index contributed by atoms with van der Waals surface area (Å²) in [6.45, 7) is 1.84. The smallest absolute Gasteiger partial charge is 0.213 e. The lowest BCUT2D eigenvalue weighted by molar-refractivity contribution is -0.305. The van der Waals surface area contributed by atoms with Crippen LogP contribution in [-0.2, 0) is 4.79 Å². The van der Waals surface area contributed by atoms with Crippen molar-refractivity contribution in [3.8, 4) is 11.4 Å². The van der Waals surface area contributed by atoms with E-state index in [1.54, 1.807) is 10.9 Å². The van der Waals surface area contributed by atoms with Gasteiger partial charge in [0.15, 0.2) is 5.82 Å². The topological polar surface area (TPSA) is 96.3 Å². The molecule has 0 bridgehead atoms. The van der Waals surface area contributed by atoms with Gasteiger partial charge in [0.25, 0.3) is 0 Å². The largest absolute Gasteiger partial charge is 0.550 e. The molecule has 3 aromatic rings. The Morgan fingerprint density at radius 3 is 2.76 bits per heavy atom. The third-order valence-electron chi connectivity index (χ3n) is 3.89. The maximum atomic E-state index is 11.2. The highest BCUT2D eigenvalue weighted by Gasteiger charge is 2.29. The summed E-state index contributed by atoms with van der Waals surface area (Å²) in [6.07, 6.45) is 1.44. The maximum absolute atomic E-state index is 11.2. The van der Waals surface area contributed by atoms with Crippen molar-refractivity contribution in [3.05, 3.63) is 54.0 Å². The number of furan rings is 1. The molecule has 0 aliphatic carbocycles. The van der Waals surface area contributed by atoms with Crippen LogP contribution in [0.4, 0.5) is 0 Å². The van der Waals surface area contributed by atoms with Gasteiger partial charge in [-0.2, -0.15) is 9.78 Å². The highest BCUT2D eigenvalue weighted by molar-refractivity contribution is 8.00. The molecular weight excluding hydrogens is 340 g/mol. The maximum Gasteiger partial charge on any atom is 0.213 e. The van der Waals surface area contributed by atoms with Gasteiger partial charge in [-0.1, -0.05) is 42.1 Å². The van der Waals surface area contributed by atoms with Crippen LogP contribution in [0.25, 0.3) is 11.4 Å². The first kappa shape index (κ1) is 15.6. The van der Waals surface area contributed by atoms with Crippen molar-refractivity contribution in [2.24, 2.45) is 5.10 Å². The van der Waals surface area contributed by atoms with Crippen LogP contribution in [0.2, 0.25) is 0 Å². The first-order valence-corrected chi connectivity index (χ1v) is 8.52. The molecule has 4 rings (SSSR count). The number of aromatic nitrogens is 3. The highest BCUT2D eigenvalue weighted by atomic mass is 32.2. The number of hydrogen-bond donors (Lipinski definition) is 0. The van der Waals surface area contributed by atoms with Crippen molar-refractivity contribution in [3.63, 3.8) is 0 Å². The normalized spacial score (nSPS) is 16.4. The molecule has 1 atom stereocenters. The molecule has 0 saturated heterocycles. The Morgan fingerprint density at radius 1 is 1.28 bits per heavy atom. The predicted octanol–water partition coefficient (Wildman–Crippen LogP) is 1.71. The van der Waals surface area contributed by atoms with Gasteiger partial charge < -0.3 is 14.3 Å². The number of carbonyl (C=O) groups is 1. The van der Waals surface area contributed by atoms with Crippen molar-refractivity contribution >= 4 is 23.4 Å². The number of carboxylic acids is 1. The Bertz CT molecular complexity index is 961. The molecule has 7 nitrogen and oxygen atoms in total. The molecule has 126 valence electrons. The van der Waals surface area contributed by atoms with Gasteiger partial charge in [0.2, 0.25) is 5.16 Å². The minimum Gasteiger partial charge on any atom is -0.550 e. The number of hydrogen-bond acceptors (Lipinski definition) is 7. The first-order valence-electron chi connectivity index (χ1n) is 7.64. The number of benzene rings is 1. The molecule has 25 heavy (non-hydrogen) atoms. The lowest BCUT2D eigenvalue weighted by atomic mass is 10.1. The van der Waals surface area contributed by atoms with Crippen molar-refractivity contribution < 1.29 is 14.3 Å². The monoisotopic (exact) mass is 353 g/mol. The van der Waals surface area contributed by atoms with E-state index < -0.39 is 5.97 Å². The Hall–Kier alpha value is -2.87. The van der Waals surface area contributed by atoms with Crippen molar-refractivity contribution in [1.82, 2.24) is 14.9 Å². The molecule has 2 aromatic heterocycles. The molecule has 0 saturated carbocycles. The average Bonchev–Trinajstić information content (AvgIpc) is 3.19. The summed E-state index contributed by atoms with van der Waals surface area (Å²) in [5.74, 6) is 0.155. The van der Waals surface area contributed by atoms with E-state index in [0.29, 0.717) is 22.5 Å². The molecule has 0 amide bonds.